The van der Waals surface area contributed by atoms with Crippen molar-refractivity contribution in [2.24, 2.45) is 11.8 Å². The monoisotopic (exact) mass is 574 g/mol. The summed E-state index contributed by atoms with van der Waals surface area (Å²) in [5.41, 5.74) is 3.77. The second-order valence-corrected chi connectivity index (χ2v) is 13.1. The Morgan fingerprint density at radius 3 is 2.75 bits per heavy atom. The molecule has 1 fully saturated rings. The van der Waals surface area contributed by atoms with E-state index in [-0.39, 0.29) is 5.41 Å². The van der Waals surface area contributed by atoms with E-state index in [2.05, 4.69) is 53.8 Å². The van der Waals surface area contributed by atoms with Crippen LogP contribution in [-0.2, 0) is 16.6 Å². The molecule has 40 heavy (non-hydrogen) atoms. The van der Waals surface area contributed by atoms with Gasteiger partial charge in [-0.15, -0.1) is 11.3 Å². The number of hydrogen-bond acceptors (Lipinski definition) is 5. The quantitative estimate of drug-likeness (QED) is 0.221. The van der Waals surface area contributed by atoms with Crippen molar-refractivity contribution >= 4 is 44.8 Å². The van der Waals surface area contributed by atoms with Crippen LogP contribution in [0, 0.1) is 18.8 Å². The number of carbonyl (C=O) groups is 1. The number of carboxylic acid groups (broad SMARTS) is 1. The van der Waals surface area contributed by atoms with Gasteiger partial charge in [0.05, 0.1) is 12.0 Å². The van der Waals surface area contributed by atoms with Gasteiger partial charge in [0.1, 0.15) is 16.1 Å². The van der Waals surface area contributed by atoms with E-state index in [0.717, 1.165) is 47.3 Å². The number of carboxylic acids is 1. The van der Waals surface area contributed by atoms with Crippen LogP contribution in [-0.4, -0.2) is 28.2 Å². The number of thiophene rings is 1. The molecule has 0 bridgehead atoms. The maximum atomic E-state index is 12.7. The summed E-state index contributed by atoms with van der Waals surface area (Å²) in [6.45, 7) is 5.03. The number of ether oxygens (including phenoxy) is 1. The smallest absolute Gasteiger partial charge is 0.329 e. The number of aryl methyl sites for hydroxylation is 1. The average molecular weight is 575 g/mol. The summed E-state index contributed by atoms with van der Waals surface area (Å²) in [6.07, 6.45) is 6.70. The van der Waals surface area contributed by atoms with Crippen LogP contribution in [0.4, 0.5) is 5.69 Å². The van der Waals surface area contributed by atoms with Gasteiger partial charge < -0.3 is 15.2 Å². The fraction of sp³-hybridized carbons (Fsp3) is 0.394. The molecule has 0 amide bonds. The van der Waals surface area contributed by atoms with Crippen molar-refractivity contribution in [3.05, 3.63) is 87.9 Å². The molecule has 7 heteroatoms. The van der Waals surface area contributed by atoms with Crippen LogP contribution in [0.1, 0.15) is 55.7 Å². The van der Waals surface area contributed by atoms with Crippen LogP contribution >= 0.6 is 22.9 Å². The van der Waals surface area contributed by atoms with Gasteiger partial charge in [0.2, 0.25) is 0 Å². The molecular weight excluding hydrogens is 540 g/mol. The summed E-state index contributed by atoms with van der Waals surface area (Å²) in [5.74, 6) is 0.922. The maximum Gasteiger partial charge on any atom is 0.329 e. The van der Waals surface area contributed by atoms with E-state index < -0.39 is 11.5 Å². The first-order valence-electron chi connectivity index (χ1n) is 14.1. The molecule has 0 aliphatic heterocycles. The third-order valence-electron chi connectivity index (χ3n) is 9.24. The van der Waals surface area contributed by atoms with Crippen molar-refractivity contribution in [3.63, 3.8) is 0 Å². The van der Waals surface area contributed by atoms with E-state index in [1.165, 1.54) is 16.7 Å². The number of aliphatic carboxylic acids is 1. The Bertz CT molecular complexity index is 1540. The largest absolute Gasteiger partial charge is 0.493 e. The van der Waals surface area contributed by atoms with Crippen molar-refractivity contribution in [2.75, 3.05) is 11.9 Å². The molecular formula is C33H35ClN2O3S. The summed E-state index contributed by atoms with van der Waals surface area (Å²) >= 11 is 7.86. The Balaban J connectivity index is 1.21. The van der Waals surface area contributed by atoms with Gasteiger partial charge in [0.15, 0.2) is 0 Å². The molecule has 208 valence electrons. The van der Waals surface area contributed by atoms with E-state index in [1.807, 2.05) is 24.4 Å². The fourth-order valence-electron chi connectivity index (χ4n) is 7.20. The molecule has 2 aromatic heterocycles. The van der Waals surface area contributed by atoms with Crippen LogP contribution in [0.2, 0.25) is 5.02 Å². The Morgan fingerprint density at radius 1 is 1.18 bits per heavy atom. The lowest BCUT2D eigenvalue weighted by atomic mass is 9.59. The summed E-state index contributed by atoms with van der Waals surface area (Å²) in [4.78, 5) is 18.2. The molecule has 2 heterocycles. The van der Waals surface area contributed by atoms with E-state index in [1.54, 1.807) is 23.5 Å². The number of benzene rings is 2. The molecule has 1 spiro atoms. The van der Waals surface area contributed by atoms with Gasteiger partial charge in [-0.05, 0) is 109 Å². The molecule has 2 N–H and O–H groups in total. The van der Waals surface area contributed by atoms with Gasteiger partial charge in [0.25, 0.3) is 0 Å². The predicted molar refractivity (Wildman–Crippen MR) is 163 cm³/mol. The zero-order valence-corrected chi connectivity index (χ0v) is 24.5. The maximum absolute atomic E-state index is 12.7. The van der Waals surface area contributed by atoms with Gasteiger partial charge in [-0.2, -0.15) is 0 Å². The number of hydrogen-bond donors (Lipinski definition) is 2. The minimum absolute atomic E-state index is 0.0201. The molecule has 6 rings (SSSR count). The number of aromatic nitrogens is 1. The molecule has 5 nitrogen and oxygen atoms in total. The van der Waals surface area contributed by atoms with Gasteiger partial charge in [-0.25, -0.2) is 9.78 Å². The number of anilines is 1. The van der Waals surface area contributed by atoms with Crippen molar-refractivity contribution in [2.45, 2.75) is 63.3 Å². The predicted octanol–water partition coefficient (Wildman–Crippen LogP) is 8.28. The van der Waals surface area contributed by atoms with E-state index in [0.29, 0.717) is 36.3 Å². The van der Waals surface area contributed by atoms with Crippen LogP contribution in [0.15, 0.2) is 66.2 Å². The number of nitrogens with zero attached hydrogens (tertiary/aromatic N) is 1. The lowest BCUT2D eigenvalue weighted by Gasteiger charge is -2.47. The SMILES string of the molecule is Cc1csc2nccc(OC[C@H](C)CC3Cc4ccccc4C34CCC(Nc3cccc(Cl)c3)(C(=O)O)CC4)c12. The second kappa shape index (κ2) is 10.7. The first-order valence-corrected chi connectivity index (χ1v) is 15.4. The van der Waals surface area contributed by atoms with Gasteiger partial charge in [-0.1, -0.05) is 48.9 Å². The summed E-state index contributed by atoms with van der Waals surface area (Å²) in [5, 5.41) is 17.6. The lowest BCUT2D eigenvalue weighted by molar-refractivity contribution is -0.144. The Hall–Kier alpha value is -3.09. The molecule has 2 aliphatic rings. The average Bonchev–Trinajstić information content (AvgIpc) is 3.47. The molecule has 4 aromatic rings. The number of rotatable bonds is 8. The lowest BCUT2D eigenvalue weighted by Crippen LogP contribution is -2.53. The third kappa shape index (κ3) is 4.86. The van der Waals surface area contributed by atoms with Crippen molar-refractivity contribution in [1.82, 2.24) is 4.98 Å². The van der Waals surface area contributed by atoms with Gasteiger partial charge in [0, 0.05) is 16.9 Å². The molecule has 2 aliphatic carbocycles. The Labute approximate surface area is 244 Å². The summed E-state index contributed by atoms with van der Waals surface area (Å²) < 4.78 is 6.39. The molecule has 0 saturated heterocycles. The van der Waals surface area contributed by atoms with Crippen molar-refractivity contribution in [1.29, 1.82) is 0 Å². The summed E-state index contributed by atoms with van der Waals surface area (Å²) in [6, 6.07) is 18.1. The van der Waals surface area contributed by atoms with Crippen LogP contribution in [0.25, 0.3) is 10.2 Å². The summed E-state index contributed by atoms with van der Waals surface area (Å²) in [7, 11) is 0. The minimum atomic E-state index is -1.00. The molecule has 1 unspecified atom stereocenters. The van der Waals surface area contributed by atoms with E-state index >= 15 is 0 Å². The van der Waals surface area contributed by atoms with Gasteiger partial charge in [-0.3, -0.25) is 0 Å². The Morgan fingerprint density at radius 2 is 1.98 bits per heavy atom. The number of pyridine rings is 1. The highest BCUT2D eigenvalue weighted by Crippen LogP contribution is 2.56. The normalized spacial score (nSPS) is 24.6. The van der Waals surface area contributed by atoms with Crippen LogP contribution in [0.5, 0.6) is 5.75 Å². The zero-order valence-electron chi connectivity index (χ0n) is 23.0. The number of nitrogens with one attached hydrogen (secondary N) is 1. The van der Waals surface area contributed by atoms with E-state index in [4.69, 9.17) is 16.3 Å². The zero-order chi connectivity index (χ0) is 27.9. The Kier molecular flexibility index (Phi) is 7.26. The minimum Gasteiger partial charge on any atom is -0.493 e. The van der Waals surface area contributed by atoms with Crippen LogP contribution < -0.4 is 10.1 Å². The van der Waals surface area contributed by atoms with Crippen LogP contribution in [0.3, 0.4) is 0 Å². The fourth-order valence-corrected chi connectivity index (χ4v) is 8.29. The van der Waals surface area contributed by atoms with E-state index in [9.17, 15) is 9.90 Å². The first kappa shape index (κ1) is 27.1. The topological polar surface area (TPSA) is 71.5 Å². The van der Waals surface area contributed by atoms with Crippen molar-refractivity contribution in [3.8, 4) is 5.75 Å². The standard InChI is InChI=1S/C33H35ClN2O3S/c1-21(19-39-28-10-15-35-30-29(28)22(2)20-40-30)16-24-17-23-6-3-4-9-27(23)32(24)11-13-33(14-12-32,31(37)38)36-26-8-5-7-25(34)18-26/h3-10,15,18,20-21,24,36H,11-14,16-17,19H2,1-2H3,(H,37,38)/t21-,24?,32?,33?/m1/s1. The molecule has 0 radical (unpaired) electrons. The van der Waals surface area contributed by atoms with Gasteiger partial charge >= 0.3 is 5.97 Å². The molecule has 1 saturated carbocycles. The number of halogens is 1. The third-order valence-corrected chi connectivity index (χ3v) is 10.5. The number of fused-ring (bicyclic) bond motifs is 3. The van der Waals surface area contributed by atoms with Crippen molar-refractivity contribution < 1.29 is 14.6 Å². The highest BCUT2D eigenvalue weighted by Gasteiger charge is 2.54. The first-order chi connectivity index (χ1) is 19.3. The highest BCUT2D eigenvalue weighted by atomic mass is 35.5. The molecule has 2 aromatic carbocycles. The molecule has 2 atom stereocenters. The second-order valence-electron chi connectivity index (χ2n) is 11.8. The highest BCUT2D eigenvalue weighted by molar-refractivity contribution is 7.17.